The van der Waals surface area contributed by atoms with Gasteiger partial charge in [-0.3, -0.25) is 0 Å². The normalized spacial score (nSPS) is 12.0. The van der Waals surface area contributed by atoms with Gasteiger partial charge in [0.05, 0.1) is 17.7 Å². The summed E-state index contributed by atoms with van der Waals surface area (Å²) in [5.74, 6) is 1.57. The Hall–Kier alpha value is -1.52. The van der Waals surface area contributed by atoms with Gasteiger partial charge < -0.3 is 14.8 Å². The number of halogens is 1. The van der Waals surface area contributed by atoms with Gasteiger partial charge in [0, 0.05) is 12.6 Å². The van der Waals surface area contributed by atoms with Crippen molar-refractivity contribution in [3.8, 4) is 11.5 Å². The molecule has 4 heteroatoms. The lowest BCUT2D eigenvalue weighted by Gasteiger charge is -2.20. The fourth-order valence-electron chi connectivity index (χ4n) is 2.87. The summed E-state index contributed by atoms with van der Waals surface area (Å²) in [5.41, 5.74) is 2.51. The Morgan fingerprint density at radius 1 is 1.00 bits per heavy atom. The third-order valence-electron chi connectivity index (χ3n) is 3.99. The van der Waals surface area contributed by atoms with Crippen LogP contribution in [0.15, 0.2) is 46.9 Å². The molecule has 0 aromatic heterocycles. The van der Waals surface area contributed by atoms with Crippen LogP contribution in [0.2, 0.25) is 0 Å². The van der Waals surface area contributed by atoms with Crippen molar-refractivity contribution >= 4 is 15.9 Å². The zero-order chi connectivity index (χ0) is 18.1. The second kappa shape index (κ2) is 10.5. The Morgan fingerprint density at radius 2 is 1.72 bits per heavy atom. The SMILES string of the molecule is CCCC(NCc1cc(Br)c(OCC)c(OCC)c1)c1ccccc1. The highest BCUT2D eigenvalue weighted by Crippen LogP contribution is 2.37. The molecule has 0 aliphatic carbocycles. The van der Waals surface area contributed by atoms with E-state index in [2.05, 4.69) is 70.6 Å². The molecule has 0 saturated heterocycles. The van der Waals surface area contributed by atoms with Crippen molar-refractivity contribution in [3.63, 3.8) is 0 Å². The Labute approximate surface area is 159 Å². The van der Waals surface area contributed by atoms with Crippen LogP contribution >= 0.6 is 15.9 Å². The molecule has 3 nitrogen and oxygen atoms in total. The van der Waals surface area contributed by atoms with Crippen LogP contribution in [0.25, 0.3) is 0 Å². The largest absolute Gasteiger partial charge is 0.490 e. The van der Waals surface area contributed by atoms with Crippen LogP contribution in [-0.4, -0.2) is 13.2 Å². The maximum atomic E-state index is 5.77. The van der Waals surface area contributed by atoms with Crippen LogP contribution in [0.5, 0.6) is 11.5 Å². The molecule has 0 aliphatic rings. The number of rotatable bonds is 10. The summed E-state index contributed by atoms with van der Waals surface area (Å²) in [5, 5.41) is 3.68. The standard InChI is InChI=1S/C21H28BrNO2/c1-4-10-19(17-11-8-7-9-12-17)23-15-16-13-18(22)21(25-6-3)20(14-16)24-5-2/h7-9,11-14,19,23H,4-6,10,15H2,1-3H3. The molecule has 25 heavy (non-hydrogen) atoms. The maximum absolute atomic E-state index is 5.77. The van der Waals surface area contributed by atoms with Gasteiger partial charge in [0.2, 0.25) is 0 Å². The minimum atomic E-state index is 0.354. The van der Waals surface area contributed by atoms with Crippen LogP contribution in [0.4, 0.5) is 0 Å². The molecule has 0 bridgehead atoms. The van der Waals surface area contributed by atoms with Crippen LogP contribution in [-0.2, 0) is 6.54 Å². The fraction of sp³-hybridized carbons (Fsp3) is 0.429. The number of ether oxygens (including phenoxy) is 2. The highest BCUT2D eigenvalue weighted by Gasteiger charge is 2.14. The average molecular weight is 406 g/mol. The predicted octanol–water partition coefficient (Wildman–Crippen LogP) is 5.88. The number of benzene rings is 2. The average Bonchev–Trinajstić information content (AvgIpc) is 2.62. The van der Waals surface area contributed by atoms with E-state index in [1.807, 2.05) is 13.8 Å². The van der Waals surface area contributed by atoms with Gasteiger partial charge in [0.25, 0.3) is 0 Å². The van der Waals surface area contributed by atoms with E-state index in [9.17, 15) is 0 Å². The van der Waals surface area contributed by atoms with Crippen LogP contribution in [0, 0.1) is 0 Å². The van der Waals surface area contributed by atoms with E-state index in [1.165, 1.54) is 11.1 Å². The first-order valence-electron chi connectivity index (χ1n) is 9.05. The molecule has 1 N–H and O–H groups in total. The lowest BCUT2D eigenvalue weighted by atomic mass is 10.0. The summed E-state index contributed by atoms with van der Waals surface area (Å²) in [6, 6.07) is 15.2. The summed E-state index contributed by atoms with van der Waals surface area (Å²) >= 11 is 3.62. The third-order valence-corrected chi connectivity index (χ3v) is 4.58. The van der Waals surface area contributed by atoms with Crippen molar-refractivity contribution in [2.75, 3.05) is 13.2 Å². The van der Waals surface area contributed by atoms with Gasteiger partial charge in [0.15, 0.2) is 11.5 Å². The highest BCUT2D eigenvalue weighted by atomic mass is 79.9. The molecule has 0 heterocycles. The molecule has 1 unspecified atom stereocenters. The number of hydrogen-bond acceptors (Lipinski definition) is 3. The quantitative estimate of drug-likeness (QED) is 0.535. The fourth-order valence-corrected chi connectivity index (χ4v) is 3.48. The second-order valence-electron chi connectivity index (χ2n) is 5.90. The van der Waals surface area contributed by atoms with E-state index < -0.39 is 0 Å². The van der Waals surface area contributed by atoms with Crippen molar-refractivity contribution in [2.45, 2.75) is 46.2 Å². The summed E-state index contributed by atoms with van der Waals surface area (Å²) in [6.45, 7) is 8.20. The lowest BCUT2D eigenvalue weighted by Crippen LogP contribution is -2.21. The molecule has 0 aliphatic heterocycles. The molecule has 0 spiro atoms. The highest BCUT2D eigenvalue weighted by molar-refractivity contribution is 9.10. The van der Waals surface area contributed by atoms with Crippen LogP contribution in [0.3, 0.4) is 0 Å². The lowest BCUT2D eigenvalue weighted by molar-refractivity contribution is 0.286. The van der Waals surface area contributed by atoms with Crippen molar-refractivity contribution in [3.05, 3.63) is 58.1 Å². The van der Waals surface area contributed by atoms with Gasteiger partial charge in [-0.15, -0.1) is 0 Å². The smallest absolute Gasteiger partial charge is 0.175 e. The topological polar surface area (TPSA) is 30.5 Å². The molecule has 2 aromatic rings. The summed E-state index contributed by atoms with van der Waals surface area (Å²) < 4.78 is 12.4. The maximum Gasteiger partial charge on any atom is 0.175 e. The van der Waals surface area contributed by atoms with Gasteiger partial charge in [-0.05, 0) is 59.5 Å². The molecule has 136 valence electrons. The van der Waals surface area contributed by atoms with E-state index in [0.29, 0.717) is 19.3 Å². The molecule has 1 atom stereocenters. The Kier molecular flexibility index (Phi) is 8.29. The van der Waals surface area contributed by atoms with Crippen molar-refractivity contribution < 1.29 is 9.47 Å². The molecule has 0 fully saturated rings. The molecular weight excluding hydrogens is 378 g/mol. The molecule has 2 aromatic carbocycles. The van der Waals surface area contributed by atoms with Gasteiger partial charge in [-0.25, -0.2) is 0 Å². The van der Waals surface area contributed by atoms with Crippen molar-refractivity contribution in [2.24, 2.45) is 0 Å². The van der Waals surface area contributed by atoms with E-state index in [0.717, 1.165) is 35.4 Å². The van der Waals surface area contributed by atoms with Crippen molar-refractivity contribution in [1.82, 2.24) is 5.32 Å². The molecule has 2 rings (SSSR count). The summed E-state index contributed by atoms with van der Waals surface area (Å²) in [6.07, 6.45) is 2.25. The minimum Gasteiger partial charge on any atom is -0.490 e. The van der Waals surface area contributed by atoms with Crippen molar-refractivity contribution in [1.29, 1.82) is 0 Å². The van der Waals surface area contributed by atoms with E-state index in [1.54, 1.807) is 0 Å². The number of hydrogen-bond donors (Lipinski definition) is 1. The minimum absolute atomic E-state index is 0.354. The predicted molar refractivity (Wildman–Crippen MR) is 107 cm³/mol. The molecular formula is C21H28BrNO2. The molecule has 0 saturated carbocycles. The van der Waals surface area contributed by atoms with E-state index in [4.69, 9.17) is 9.47 Å². The van der Waals surface area contributed by atoms with E-state index in [-0.39, 0.29) is 0 Å². The number of nitrogens with one attached hydrogen (secondary N) is 1. The zero-order valence-electron chi connectivity index (χ0n) is 15.3. The monoisotopic (exact) mass is 405 g/mol. The van der Waals surface area contributed by atoms with E-state index >= 15 is 0 Å². The first kappa shape index (κ1) is 19.8. The zero-order valence-corrected chi connectivity index (χ0v) is 16.9. The van der Waals surface area contributed by atoms with Gasteiger partial charge >= 0.3 is 0 Å². The summed E-state index contributed by atoms with van der Waals surface area (Å²) in [7, 11) is 0. The Balaban J connectivity index is 2.15. The Morgan fingerprint density at radius 3 is 2.36 bits per heavy atom. The molecule has 0 radical (unpaired) electrons. The first-order valence-corrected chi connectivity index (χ1v) is 9.85. The third kappa shape index (κ3) is 5.75. The first-order chi connectivity index (χ1) is 12.2. The van der Waals surface area contributed by atoms with Gasteiger partial charge in [-0.2, -0.15) is 0 Å². The van der Waals surface area contributed by atoms with Gasteiger partial charge in [0.1, 0.15) is 0 Å². The van der Waals surface area contributed by atoms with Crippen LogP contribution < -0.4 is 14.8 Å². The summed E-state index contributed by atoms with van der Waals surface area (Å²) in [4.78, 5) is 0. The molecule has 0 amide bonds. The second-order valence-corrected chi connectivity index (χ2v) is 6.76. The van der Waals surface area contributed by atoms with Gasteiger partial charge in [-0.1, -0.05) is 43.7 Å². The van der Waals surface area contributed by atoms with Crippen LogP contribution in [0.1, 0.15) is 50.8 Å². The Bertz CT molecular complexity index is 646.